The van der Waals surface area contributed by atoms with Crippen LogP contribution in [0.25, 0.3) is 0 Å². The topological polar surface area (TPSA) is 75.4 Å². The van der Waals surface area contributed by atoms with Crippen molar-refractivity contribution in [2.45, 2.75) is 55.3 Å². The number of rotatable bonds is 5. The molecule has 1 saturated heterocycles. The van der Waals surface area contributed by atoms with Crippen LogP contribution in [0.15, 0.2) is 30.3 Å². The number of para-hydroxylation sites is 1. The van der Waals surface area contributed by atoms with Gasteiger partial charge in [0.1, 0.15) is 5.50 Å². The summed E-state index contributed by atoms with van der Waals surface area (Å²) >= 11 is 1.51. The minimum atomic E-state index is -0.429. The molecule has 1 aliphatic carbocycles. The van der Waals surface area contributed by atoms with E-state index < -0.39 is 11.2 Å². The number of thioether (sulfide) groups is 1. The van der Waals surface area contributed by atoms with Crippen LogP contribution in [0.5, 0.6) is 0 Å². The second-order valence-corrected chi connectivity index (χ2v) is 7.48. The average Bonchev–Trinajstić information content (AvgIpc) is 2.84. The Labute approximate surface area is 141 Å². The van der Waals surface area contributed by atoms with Gasteiger partial charge in [-0.1, -0.05) is 37.5 Å². The highest BCUT2D eigenvalue weighted by atomic mass is 32.2. The molecule has 124 valence electrons. The van der Waals surface area contributed by atoms with Gasteiger partial charge in [0, 0.05) is 18.2 Å². The van der Waals surface area contributed by atoms with Crippen LogP contribution in [-0.4, -0.2) is 28.6 Å². The zero-order chi connectivity index (χ0) is 16.2. The summed E-state index contributed by atoms with van der Waals surface area (Å²) in [7, 11) is 0. The fourth-order valence-corrected chi connectivity index (χ4v) is 4.72. The van der Waals surface area contributed by atoms with Gasteiger partial charge in [-0.2, -0.15) is 0 Å². The second kappa shape index (κ2) is 7.36. The first-order valence-corrected chi connectivity index (χ1v) is 9.17. The number of amides is 2. The van der Waals surface area contributed by atoms with E-state index in [-0.39, 0.29) is 17.8 Å². The van der Waals surface area contributed by atoms with Crippen LogP contribution in [0.2, 0.25) is 0 Å². The highest BCUT2D eigenvalue weighted by molar-refractivity contribution is 8.01. The summed E-state index contributed by atoms with van der Waals surface area (Å²) in [6.07, 6.45) is 6.15. The second-order valence-electron chi connectivity index (χ2n) is 6.19. The Bertz CT molecular complexity index is 560. The highest BCUT2D eigenvalue weighted by Gasteiger charge is 2.42. The molecule has 3 N–H and O–H groups in total. The van der Waals surface area contributed by atoms with Gasteiger partial charge in [0.15, 0.2) is 0 Å². The maximum absolute atomic E-state index is 12.8. The van der Waals surface area contributed by atoms with Gasteiger partial charge in [0.05, 0.1) is 5.25 Å². The Morgan fingerprint density at radius 1 is 1.22 bits per heavy atom. The third kappa shape index (κ3) is 3.87. The maximum Gasteiger partial charge on any atom is 0.242 e. The third-order valence-corrected chi connectivity index (χ3v) is 5.75. The van der Waals surface area contributed by atoms with Crippen molar-refractivity contribution in [3.63, 3.8) is 0 Å². The molecule has 0 aromatic heterocycles. The van der Waals surface area contributed by atoms with Crippen LogP contribution in [0, 0.1) is 0 Å². The van der Waals surface area contributed by atoms with Crippen molar-refractivity contribution in [3.05, 3.63) is 30.3 Å². The molecule has 1 heterocycles. The van der Waals surface area contributed by atoms with E-state index in [1.807, 2.05) is 30.3 Å². The van der Waals surface area contributed by atoms with E-state index in [9.17, 15) is 9.59 Å². The molecule has 2 aliphatic rings. The van der Waals surface area contributed by atoms with Gasteiger partial charge < -0.3 is 5.73 Å². The lowest BCUT2D eigenvalue weighted by atomic mass is 9.96. The van der Waals surface area contributed by atoms with Crippen molar-refractivity contribution >= 4 is 29.3 Å². The van der Waals surface area contributed by atoms with Crippen LogP contribution < -0.4 is 16.0 Å². The Balaban J connectivity index is 1.78. The molecule has 5 nitrogen and oxygen atoms in total. The van der Waals surface area contributed by atoms with Gasteiger partial charge >= 0.3 is 0 Å². The number of hydrogen-bond donors (Lipinski definition) is 2. The highest BCUT2D eigenvalue weighted by Crippen LogP contribution is 2.36. The maximum atomic E-state index is 12.8. The summed E-state index contributed by atoms with van der Waals surface area (Å²) in [6, 6.07) is 10.1. The minimum Gasteiger partial charge on any atom is -0.370 e. The quantitative estimate of drug-likeness (QED) is 0.866. The molecule has 2 unspecified atom stereocenters. The van der Waals surface area contributed by atoms with E-state index in [1.165, 1.54) is 31.0 Å². The number of benzene rings is 1. The van der Waals surface area contributed by atoms with Gasteiger partial charge in [-0.3, -0.25) is 19.8 Å². The summed E-state index contributed by atoms with van der Waals surface area (Å²) in [5.74, 6) is -0.463. The first kappa shape index (κ1) is 16.3. The van der Waals surface area contributed by atoms with Crippen LogP contribution >= 0.6 is 11.8 Å². The monoisotopic (exact) mass is 333 g/mol. The Kier molecular flexibility index (Phi) is 5.23. The zero-order valence-corrected chi connectivity index (χ0v) is 13.9. The van der Waals surface area contributed by atoms with E-state index in [4.69, 9.17) is 5.73 Å². The number of carbonyl (C=O) groups excluding carboxylic acids is 2. The molecule has 2 amide bonds. The minimum absolute atomic E-state index is 0.0340. The van der Waals surface area contributed by atoms with Crippen LogP contribution in [0.4, 0.5) is 5.69 Å². The molecule has 1 aliphatic heterocycles. The number of carbonyl (C=O) groups is 2. The summed E-state index contributed by atoms with van der Waals surface area (Å²) < 4.78 is 0. The first-order chi connectivity index (χ1) is 11.1. The van der Waals surface area contributed by atoms with Crippen molar-refractivity contribution in [3.8, 4) is 0 Å². The number of anilines is 1. The molecule has 23 heavy (non-hydrogen) atoms. The molecule has 2 fully saturated rings. The van der Waals surface area contributed by atoms with Crippen molar-refractivity contribution in [2.75, 3.05) is 4.90 Å². The van der Waals surface area contributed by atoms with Gasteiger partial charge in [-0.05, 0) is 25.0 Å². The number of primary amides is 1. The Morgan fingerprint density at radius 2 is 1.91 bits per heavy atom. The van der Waals surface area contributed by atoms with Crippen LogP contribution in [0.3, 0.4) is 0 Å². The van der Waals surface area contributed by atoms with E-state index in [1.54, 1.807) is 4.90 Å². The van der Waals surface area contributed by atoms with E-state index in [0.717, 1.165) is 18.5 Å². The van der Waals surface area contributed by atoms with Gasteiger partial charge in [-0.15, -0.1) is 11.8 Å². The van der Waals surface area contributed by atoms with Crippen molar-refractivity contribution < 1.29 is 9.59 Å². The lowest BCUT2D eigenvalue weighted by molar-refractivity contribution is -0.122. The smallest absolute Gasteiger partial charge is 0.242 e. The van der Waals surface area contributed by atoms with Crippen molar-refractivity contribution in [2.24, 2.45) is 5.73 Å². The molecule has 1 aromatic carbocycles. The SMILES string of the molecule is NC(=O)CC1SC(NC2CCCCC2)N(c2ccccc2)C1=O. The number of nitrogens with zero attached hydrogens (tertiary/aromatic N) is 1. The summed E-state index contributed by atoms with van der Waals surface area (Å²) in [6.45, 7) is 0. The normalized spacial score (nSPS) is 25.7. The molecular weight excluding hydrogens is 310 g/mol. The Morgan fingerprint density at radius 3 is 2.57 bits per heavy atom. The summed E-state index contributed by atoms with van der Waals surface area (Å²) in [5.41, 5.74) is 6.04. The largest absolute Gasteiger partial charge is 0.370 e. The number of nitrogens with two attached hydrogens (primary N) is 1. The molecule has 1 aromatic rings. The third-order valence-electron chi connectivity index (χ3n) is 4.44. The van der Waals surface area contributed by atoms with Gasteiger partial charge in [0.2, 0.25) is 11.8 Å². The summed E-state index contributed by atoms with van der Waals surface area (Å²) in [4.78, 5) is 25.8. The standard InChI is InChI=1S/C17H23N3O2S/c18-15(21)11-14-16(22)20(13-9-5-2-6-10-13)17(23-14)19-12-7-3-1-4-8-12/h2,5-6,9-10,12,14,17,19H,1,3-4,7-8,11H2,(H2,18,21). The van der Waals surface area contributed by atoms with Crippen LogP contribution in [-0.2, 0) is 9.59 Å². The summed E-state index contributed by atoms with van der Waals surface area (Å²) in [5, 5.41) is 3.22. The molecule has 3 rings (SSSR count). The molecule has 2 atom stereocenters. The lowest BCUT2D eigenvalue weighted by Crippen LogP contribution is -2.47. The molecular formula is C17H23N3O2S. The molecule has 0 spiro atoms. The van der Waals surface area contributed by atoms with Crippen LogP contribution in [0.1, 0.15) is 38.5 Å². The van der Waals surface area contributed by atoms with E-state index in [2.05, 4.69) is 5.32 Å². The molecule has 0 bridgehead atoms. The average molecular weight is 333 g/mol. The fourth-order valence-electron chi connectivity index (χ4n) is 3.30. The predicted molar refractivity (Wildman–Crippen MR) is 92.9 cm³/mol. The first-order valence-electron chi connectivity index (χ1n) is 8.23. The fraction of sp³-hybridized carbons (Fsp3) is 0.529. The zero-order valence-electron chi connectivity index (χ0n) is 13.1. The number of hydrogen-bond acceptors (Lipinski definition) is 4. The van der Waals surface area contributed by atoms with Crippen molar-refractivity contribution in [1.82, 2.24) is 5.32 Å². The van der Waals surface area contributed by atoms with E-state index >= 15 is 0 Å². The molecule has 6 heteroatoms. The molecule has 0 radical (unpaired) electrons. The number of nitrogens with one attached hydrogen (secondary N) is 1. The molecule has 1 saturated carbocycles. The van der Waals surface area contributed by atoms with Gasteiger partial charge in [-0.25, -0.2) is 0 Å². The van der Waals surface area contributed by atoms with E-state index in [0.29, 0.717) is 6.04 Å². The van der Waals surface area contributed by atoms with Gasteiger partial charge in [0.25, 0.3) is 0 Å². The van der Waals surface area contributed by atoms with Crippen molar-refractivity contribution in [1.29, 1.82) is 0 Å². The lowest BCUT2D eigenvalue weighted by Gasteiger charge is -2.31. The Hall–Kier alpha value is -1.53. The predicted octanol–water partition coefficient (Wildman–Crippen LogP) is 2.22.